The van der Waals surface area contributed by atoms with Gasteiger partial charge in [0.05, 0.1) is 5.03 Å². The fourth-order valence-electron chi connectivity index (χ4n) is 0.819. The molecule has 2 heteroatoms. The molecule has 9 heavy (non-hydrogen) atoms. The quantitative estimate of drug-likeness (QED) is 0.493. The Bertz CT molecular complexity index is 179. The number of allylic oxidation sites excluding steroid dienone is 4. The standard InChI is InChI=1S/C7H8ClF/c1-5-3-2-4-6(8)7(5)9/h4H,2-3H2,1H3. The van der Waals surface area contributed by atoms with Gasteiger partial charge in [0, 0.05) is 0 Å². The van der Waals surface area contributed by atoms with Crippen molar-refractivity contribution in [3.63, 3.8) is 0 Å². The summed E-state index contributed by atoms with van der Waals surface area (Å²) in [5.74, 6) is -0.233. The molecule has 1 rings (SSSR count). The van der Waals surface area contributed by atoms with E-state index in [1.807, 2.05) is 0 Å². The summed E-state index contributed by atoms with van der Waals surface area (Å²) >= 11 is 5.49. The second kappa shape index (κ2) is 2.53. The fraction of sp³-hybridized carbons (Fsp3) is 0.429. The van der Waals surface area contributed by atoms with Crippen LogP contribution in [0.4, 0.5) is 4.39 Å². The molecule has 0 bridgehead atoms. The first-order chi connectivity index (χ1) is 4.22. The first-order valence-electron chi connectivity index (χ1n) is 2.93. The van der Waals surface area contributed by atoms with Crippen molar-refractivity contribution in [3.05, 3.63) is 22.5 Å². The van der Waals surface area contributed by atoms with Crippen LogP contribution >= 0.6 is 11.6 Å². The number of halogens is 2. The average Bonchev–Trinajstić information content (AvgIpc) is 1.83. The van der Waals surface area contributed by atoms with Crippen LogP contribution < -0.4 is 0 Å². The molecule has 0 aromatic carbocycles. The molecular weight excluding hydrogens is 139 g/mol. The first-order valence-corrected chi connectivity index (χ1v) is 3.31. The minimum atomic E-state index is -0.233. The van der Waals surface area contributed by atoms with E-state index in [9.17, 15) is 4.39 Å². The molecular formula is C7H8ClF. The van der Waals surface area contributed by atoms with Crippen LogP contribution in [-0.4, -0.2) is 0 Å². The van der Waals surface area contributed by atoms with E-state index < -0.39 is 0 Å². The molecule has 1 aliphatic carbocycles. The van der Waals surface area contributed by atoms with Crippen molar-refractivity contribution >= 4 is 11.6 Å². The molecule has 50 valence electrons. The summed E-state index contributed by atoms with van der Waals surface area (Å²) in [6.07, 6.45) is 3.39. The zero-order valence-electron chi connectivity index (χ0n) is 5.25. The monoisotopic (exact) mass is 146 g/mol. The minimum Gasteiger partial charge on any atom is -0.205 e. The normalized spacial score (nSPS) is 20.1. The second-order valence-corrected chi connectivity index (χ2v) is 2.59. The third-order valence-corrected chi connectivity index (χ3v) is 1.75. The van der Waals surface area contributed by atoms with Gasteiger partial charge in [-0.3, -0.25) is 0 Å². The lowest BCUT2D eigenvalue weighted by molar-refractivity contribution is 0.631. The van der Waals surface area contributed by atoms with Crippen LogP contribution in [-0.2, 0) is 0 Å². The summed E-state index contributed by atoms with van der Waals surface area (Å²) in [5, 5.41) is 0.277. The molecule has 0 nitrogen and oxygen atoms in total. The maximum Gasteiger partial charge on any atom is 0.140 e. The summed E-state index contributed by atoms with van der Waals surface area (Å²) in [7, 11) is 0. The molecule has 0 aromatic rings. The molecule has 0 radical (unpaired) electrons. The molecule has 0 amide bonds. The maximum atomic E-state index is 12.7. The SMILES string of the molecule is CC1=C(F)C(Cl)=CCC1. The predicted octanol–water partition coefficient (Wildman–Crippen LogP) is 3.15. The van der Waals surface area contributed by atoms with Crippen LogP contribution in [0, 0.1) is 0 Å². The van der Waals surface area contributed by atoms with E-state index in [0.29, 0.717) is 0 Å². The van der Waals surface area contributed by atoms with Gasteiger partial charge in [-0.15, -0.1) is 0 Å². The van der Waals surface area contributed by atoms with Crippen molar-refractivity contribution in [1.82, 2.24) is 0 Å². The summed E-state index contributed by atoms with van der Waals surface area (Å²) < 4.78 is 12.7. The molecule has 0 fully saturated rings. The Morgan fingerprint density at radius 2 is 2.33 bits per heavy atom. The molecule has 1 aliphatic rings. The van der Waals surface area contributed by atoms with E-state index in [0.717, 1.165) is 18.4 Å². The topological polar surface area (TPSA) is 0 Å². The van der Waals surface area contributed by atoms with Gasteiger partial charge in [-0.25, -0.2) is 4.39 Å². The van der Waals surface area contributed by atoms with E-state index in [2.05, 4.69) is 0 Å². The van der Waals surface area contributed by atoms with E-state index in [-0.39, 0.29) is 10.9 Å². The zero-order valence-corrected chi connectivity index (χ0v) is 6.00. The number of rotatable bonds is 0. The van der Waals surface area contributed by atoms with Gasteiger partial charge >= 0.3 is 0 Å². The molecule has 0 aliphatic heterocycles. The van der Waals surface area contributed by atoms with E-state index in [1.165, 1.54) is 0 Å². The van der Waals surface area contributed by atoms with Crippen molar-refractivity contribution < 1.29 is 4.39 Å². The van der Waals surface area contributed by atoms with Crippen molar-refractivity contribution in [1.29, 1.82) is 0 Å². The molecule has 0 aromatic heterocycles. The highest BCUT2D eigenvalue weighted by Crippen LogP contribution is 2.27. The summed E-state index contributed by atoms with van der Waals surface area (Å²) in [6.45, 7) is 1.77. The van der Waals surface area contributed by atoms with Gasteiger partial charge in [0.1, 0.15) is 5.83 Å². The molecule has 0 saturated heterocycles. The van der Waals surface area contributed by atoms with Crippen LogP contribution in [0.1, 0.15) is 19.8 Å². The van der Waals surface area contributed by atoms with Gasteiger partial charge < -0.3 is 0 Å². The fourth-order valence-corrected chi connectivity index (χ4v) is 1.09. The molecule has 0 heterocycles. The molecule has 0 saturated carbocycles. The molecule has 0 spiro atoms. The average molecular weight is 147 g/mol. The maximum absolute atomic E-state index is 12.7. The van der Waals surface area contributed by atoms with Crippen LogP contribution in [0.5, 0.6) is 0 Å². The lowest BCUT2D eigenvalue weighted by Gasteiger charge is -2.07. The Morgan fingerprint density at radius 3 is 2.78 bits per heavy atom. The van der Waals surface area contributed by atoms with Gasteiger partial charge in [0.25, 0.3) is 0 Å². The highest BCUT2D eigenvalue weighted by atomic mass is 35.5. The van der Waals surface area contributed by atoms with Gasteiger partial charge in [-0.1, -0.05) is 17.7 Å². The third-order valence-electron chi connectivity index (χ3n) is 1.43. The van der Waals surface area contributed by atoms with E-state index in [4.69, 9.17) is 11.6 Å². The van der Waals surface area contributed by atoms with Crippen LogP contribution in [0.25, 0.3) is 0 Å². The predicted molar refractivity (Wildman–Crippen MR) is 37.0 cm³/mol. The third kappa shape index (κ3) is 1.33. The Hall–Kier alpha value is -0.300. The van der Waals surface area contributed by atoms with Crippen molar-refractivity contribution in [2.75, 3.05) is 0 Å². The Morgan fingerprint density at radius 1 is 1.67 bits per heavy atom. The molecule has 0 N–H and O–H groups in total. The molecule has 0 unspecified atom stereocenters. The van der Waals surface area contributed by atoms with Crippen molar-refractivity contribution in [2.45, 2.75) is 19.8 Å². The van der Waals surface area contributed by atoms with Crippen LogP contribution in [0.15, 0.2) is 22.5 Å². The van der Waals surface area contributed by atoms with Gasteiger partial charge in [-0.05, 0) is 25.3 Å². The second-order valence-electron chi connectivity index (χ2n) is 2.19. The van der Waals surface area contributed by atoms with Crippen LogP contribution in [0.3, 0.4) is 0 Å². The Balaban J connectivity index is 2.88. The summed E-state index contributed by atoms with van der Waals surface area (Å²) in [6, 6.07) is 0. The van der Waals surface area contributed by atoms with E-state index >= 15 is 0 Å². The van der Waals surface area contributed by atoms with Gasteiger partial charge in [-0.2, -0.15) is 0 Å². The molecule has 0 atom stereocenters. The van der Waals surface area contributed by atoms with Gasteiger partial charge in [0.15, 0.2) is 0 Å². The number of hydrogen-bond acceptors (Lipinski definition) is 0. The first kappa shape index (κ1) is 6.81. The Labute approximate surface area is 59.0 Å². The number of hydrogen-bond donors (Lipinski definition) is 0. The van der Waals surface area contributed by atoms with Crippen LogP contribution in [0.2, 0.25) is 0 Å². The highest BCUT2D eigenvalue weighted by Gasteiger charge is 2.09. The smallest absolute Gasteiger partial charge is 0.140 e. The van der Waals surface area contributed by atoms with Crippen molar-refractivity contribution in [2.24, 2.45) is 0 Å². The van der Waals surface area contributed by atoms with E-state index in [1.54, 1.807) is 13.0 Å². The lowest BCUT2D eigenvalue weighted by Crippen LogP contribution is -1.89. The lowest BCUT2D eigenvalue weighted by atomic mass is 10.1. The largest absolute Gasteiger partial charge is 0.205 e. The highest BCUT2D eigenvalue weighted by molar-refractivity contribution is 6.31. The summed E-state index contributed by atoms with van der Waals surface area (Å²) in [5.41, 5.74) is 0.766. The van der Waals surface area contributed by atoms with Gasteiger partial charge in [0.2, 0.25) is 0 Å². The summed E-state index contributed by atoms with van der Waals surface area (Å²) in [4.78, 5) is 0. The Kier molecular flexibility index (Phi) is 1.91. The zero-order chi connectivity index (χ0) is 6.85. The van der Waals surface area contributed by atoms with Crippen molar-refractivity contribution in [3.8, 4) is 0 Å². The minimum absolute atomic E-state index is 0.233.